The Morgan fingerprint density at radius 1 is 1.32 bits per heavy atom. The van der Waals surface area contributed by atoms with E-state index in [-0.39, 0.29) is 18.2 Å². The zero-order chi connectivity index (χ0) is 13.5. The molecule has 0 bridgehead atoms. The van der Waals surface area contributed by atoms with E-state index in [0.29, 0.717) is 0 Å². The fourth-order valence-corrected chi connectivity index (χ4v) is 1.35. The minimum Gasteiger partial charge on any atom is -0.444 e. The maximum Gasteiger partial charge on any atom is 0.413 e. The number of rotatable bonds is 3. The van der Waals surface area contributed by atoms with E-state index in [2.05, 4.69) is 15.3 Å². The molecular weight excluding hydrogens is 244 g/mol. The van der Waals surface area contributed by atoms with Gasteiger partial charge in [-0.1, -0.05) is 30.3 Å². The van der Waals surface area contributed by atoms with Crippen LogP contribution in [0.5, 0.6) is 0 Å². The summed E-state index contributed by atoms with van der Waals surface area (Å²) < 4.78 is 5.01. The molecule has 0 unspecified atom stereocenters. The van der Waals surface area contributed by atoms with Gasteiger partial charge in [0.25, 0.3) is 0 Å². The van der Waals surface area contributed by atoms with Crippen molar-refractivity contribution >= 4 is 11.9 Å². The lowest BCUT2D eigenvalue weighted by Crippen LogP contribution is -2.14. The summed E-state index contributed by atoms with van der Waals surface area (Å²) >= 11 is 0. The lowest BCUT2D eigenvalue weighted by Gasteiger charge is -2.06. The van der Waals surface area contributed by atoms with Gasteiger partial charge >= 0.3 is 6.09 Å². The zero-order valence-electron chi connectivity index (χ0n) is 9.91. The number of nitrogens with zero attached hydrogens (tertiary/aromatic N) is 3. The van der Waals surface area contributed by atoms with E-state index >= 15 is 0 Å². The molecule has 1 N–H and O–H groups in total. The molecule has 0 fully saturated rings. The minimum absolute atomic E-state index is 0.0131. The first-order valence-electron chi connectivity index (χ1n) is 5.49. The first-order valence-corrected chi connectivity index (χ1v) is 5.49. The zero-order valence-corrected chi connectivity index (χ0v) is 9.91. The topological polar surface area (TPSA) is 87.9 Å². The Morgan fingerprint density at radius 3 is 2.84 bits per heavy atom. The average Bonchev–Trinajstić information content (AvgIpc) is 2.46. The van der Waals surface area contributed by atoms with E-state index in [1.165, 1.54) is 12.3 Å². The van der Waals surface area contributed by atoms with Gasteiger partial charge in [-0.25, -0.2) is 14.8 Å². The number of ether oxygens (including phenoxy) is 1. The van der Waals surface area contributed by atoms with E-state index in [4.69, 9.17) is 10.00 Å². The average molecular weight is 254 g/mol. The molecule has 1 aromatic carbocycles. The molecule has 6 nitrogen and oxygen atoms in total. The number of nitriles is 1. The maximum atomic E-state index is 11.5. The minimum atomic E-state index is -0.633. The van der Waals surface area contributed by atoms with Crippen LogP contribution in [0.15, 0.2) is 42.6 Å². The summed E-state index contributed by atoms with van der Waals surface area (Å²) in [4.78, 5) is 19.0. The lowest BCUT2D eigenvalue weighted by atomic mass is 10.2. The summed E-state index contributed by atoms with van der Waals surface area (Å²) in [5, 5.41) is 11.1. The van der Waals surface area contributed by atoms with Crippen molar-refractivity contribution in [3.63, 3.8) is 0 Å². The highest BCUT2D eigenvalue weighted by Gasteiger charge is 2.05. The van der Waals surface area contributed by atoms with Crippen molar-refractivity contribution in [2.24, 2.45) is 0 Å². The van der Waals surface area contributed by atoms with Crippen molar-refractivity contribution in [3.8, 4) is 6.07 Å². The maximum absolute atomic E-state index is 11.5. The van der Waals surface area contributed by atoms with Crippen LogP contribution in [0.25, 0.3) is 0 Å². The molecule has 6 heteroatoms. The molecule has 1 amide bonds. The Morgan fingerprint density at radius 2 is 2.11 bits per heavy atom. The predicted molar refractivity (Wildman–Crippen MR) is 67.0 cm³/mol. The van der Waals surface area contributed by atoms with Gasteiger partial charge in [0.2, 0.25) is 5.82 Å². The Bertz CT molecular complexity index is 608. The number of aromatic nitrogens is 2. The van der Waals surface area contributed by atoms with Crippen molar-refractivity contribution < 1.29 is 9.53 Å². The van der Waals surface area contributed by atoms with Gasteiger partial charge in [-0.3, -0.25) is 5.32 Å². The molecule has 0 atom stereocenters. The summed E-state index contributed by atoms with van der Waals surface area (Å²) in [6.07, 6.45) is 0.754. The molecule has 0 radical (unpaired) electrons. The van der Waals surface area contributed by atoms with Gasteiger partial charge in [-0.15, -0.1) is 0 Å². The van der Waals surface area contributed by atoms with E-state index < -0.39 is 6.09 Å². The smallest absolute Gasteiger partial charge is 0.413 e. The highest BCUT2D eigenvalue weighted by Crippen LogP contribution is 2.04. The summed E-state index contributed by atoms with van der Waals surface area (Å²) in [7, 11) is 0. The lowest BCUT2D eigenvalue weighted by molar-refractivity contribution is 0.155. The number of anilines is 1. The van der Waals surface area contributed by atoms with Crippen molar-refractivity contribution in [2.45, 2.75) is 6.61 Å². The number of benzene rings is 1. The van der Waals surface area contributed by atoms with E-state index in [0.717, 1.165) is 5.56 Å². The third-order valence-electron chi connectivity index (χ3n) is 2.20. The quantitative estimate of drug-likeness (QED) is 0.906. The molecule has 1 heterocycles. The van der Waals surface area contributed by atoms with Crippen LogP contribution in [0.3, 0.4) is 0 Å². The summed E-state index contributed by atoms with van der Waals surface area (Å²) in [5.74, 6) is 0.213. The van der Waals surface area contributed by atoms with Crippen LogP contribution in [0.2, 0.25) is 0 Å². The molecule has 2 rings (SSSR count). The summed E-state index contributed by atoms with van der Waals surface area (Å²) in [5.41, 5.74) is 0.887. The van der Waals surface area contributed by atoms with Gasteiger partial charge in [0.15, 0.2) is 0 Å². The van der Waals surface area contributed by atoms with E-state index in [1.54, 1.807) is 6.07 Å². The second kappa shape index (κ2) is 6.12. The van der Waals surface area contributed by atoms with E-state index in [9.17, 15) is 4.79 Å². The number of carbonyl (C=O) groups is 1. The van der Waals surface area contributed by atoms with Gasteiger partial charge in [-0.05, 0) is 11.6 Å². The number of carbonyl (C=O) groups excluding carboxylic acids is 1. The Balaban J connectivity index is 1.89. The SMILES string of the molecule is N#Cc1nccc(NC(=O)OCc2ccccc2)n1. The van der Waals surface area contributed by atoms with Crippen molar-refractivity contribution in [3.05, 3.63) is 54.0 Å². The molecule has 19 heavy (non-hydrogen) atoms. The first kappa shape index (κ1) is 12.5. The first-order chi connectivity index (χ1) is 9.28. The standard InChI is InChI=1S/C13H10N4O2/c14-8-12-15-7-6-11(16-12)17-13(18)19-9-10-4-2-1-3-5-10/h1-7H,9H2,(H,15,16,17,18). The van der Waals surface area contributed by atoms with Crippen LogP contribution in [0, 0.1) is 11.3 Å². The third kappa shape index (κ3) is 3.78. The van der Waals surface area contributed by atoms with Gasteiger partial charge in [0.1, 0.15) is 18.5 Å². The second-order valence-electron chi connectivity index (χ2n) is 3.56. The molecule has 0 aliphatic heterocycles. The molecule has 0 spiro atoms. The van der Waals surface area contributed by atoms with Crippen molar-refractivity contribution in [1.82, 2.24) is 9.97 Å². The number of amides is 1. The monoisotopic (exact) mass is 254 g/mol. The number of hydrogen-bond donors (Lipinski definition) is 1. The Labute approximate surface area is 109 Å². The molecule has 94 valence electrons. The normalized spacial score (nSPS) is 9.42. The van der Waals surface area contributed by atoms with Gasteiger partial charge in [0, 0.05) is 6.20 Å². The number of nitrogens with one attached hydrogen (secondary N) is 1. The van der Waals surface area contributed by atoms with Gasteiger partial charge in [-0.2, -0.15) is 5.26 Å². The fourth-order valence-electron chi connectivity index (χ4n) is 1.35. The second-order valence-corrected chi connectivity index (χ2v) is 3.56. The van der Waals surface area contributed by atoms with Crippen molar-refractivity contribution in [1.29, 1.82) is 5.26 Å². The molecule has 0 aliphatic carbocycles. The van der Waals surface area contributed by atoms with Crippen LogP contribution in [-0.4, -0.2) is 16.1 Å². The Kier molecular flexibility index (Phi) is 4.03. The van der Waals surface area contributed by atoms with Crippen LogP contribution in [0.1, 0.15) is 11.4 Å². The van der Waals surface area contributed by atoms with Crippen LogP contribution < -0.4 is 5.32 Å². The highest BCUT2D eigenvalue weighted by molar-refractivity contribution is 5.83. The van der Waals surface area contributed by atoms with Crippen LogP contribution in [0.4, 0.5) is 10.6 Å². The summed E-state index contributed by atoms with van der Waals surface area (Å²) in [6.45, 7) is 0.170. The van der Waals surface area contributed by atoms with Crippen LogP contribution in [-0.2, 0) is 11.3 Å². The van der Waals surface area contributed by atoms with Gasteiger partial charge in [0.05, 0.1) is 0 Å². The van der Waals surface area contributed by atoms with E-state index in [1.807, 2.05) is 30.3 Å². The Hall–Kier alpha value is -2.94. The predicted octanol–water partition coefficient (Wildman–Crippen LogP) is 2.10. The largest absolute Gasteiger partial charge is 0.444 e. The highest BCUT2D eigenvalue weighted by atomic mass is 16.5. The summed E-state index contributed by atoms with van der Waals surface area (Å²) in [6, 6.07) is 12.6. The molecule has 0 saturated heterocycles. The van der Waals surface area contributed by atoms with Gasteiger partial charge < -0.3 is 4.74 Å². The molecule has 0 aliphatic rings. The van der Waals surface area contributed by atoms with Crippen molar-refractivity contribution in [2.75, 3.05) is 5.32 Å². The fraction of sp³-hybridized carbons (Fsp3) is 0.0769. The molecular formula is C13H10N4O2. The van der Waals surface area contributed by atoms with Crippen LogP contribution >= 0.6 is 0 Å². The number of hydrogen-bond acceptors (Lipinski definition) is 5. The molecule has 1 aromatic heterocycles. The molecule has 0 saturated carbocycles. The third-order valence-corrected chi connectivity index (χ3v) is 2.20. The molecule has 2 aromatic rings.